The van der Waals surface area contributed by atoms with Gasteiger partial charge in [-0.3, -0.25) is 0 Å². The number of benzene rings is 1. The molecule has 0 aliphatic rings. The lowest BCUT2D eigenvalue weighted by molar-refractivity contribution is -0.157. The second kappa shape index (κ2) is 5.86. The first-order valence-electron chi connectivity index (χ1n) is 5.11. The molecule has 1 atom stereocenters. The van der Waals surface area contributed by atoms with Crippen molar-refractivity contribution in [3.63, 3.8) is 0 Å². The van der Waals surface area contributed by atoms with Crippen LogP contribution in [0.25, 0.3) is 0 Å². The molecule has 0 aliphatic carbocycles. The number of rotatable bonds is 5. The number of nitrogens with two attached hydrogens (primary N) is 1. The van der Waals surface area contributed by atoms with Gasteiger partial charge in [0.05, 0.1) is 0 Å². The summed E-state index contributed by atoms with van der Waals surface area (Å²) < 4.78 is 38.2. The number of alkyl halides is 3. The number of nitrogens with one attached hydrogen (secondary N) is 1. The van der Waals surface area contributed by atoms with Crippen LogP contribution in [0.4, 0.5) is 13.2 Å². The van der Waals surface area contributed by atoms with Gasteiger partial charge in [-0.1, -0.05) is 30.3 Å². The van der Waals surface area contributed by atoms with E-state index in [-0.39, 0.29) is 12.1 Å². The van der Waals surface area contributed by atoms with E-state index < -0.39 is 12.2 Å². The summed E-state index contributed by atoms with van der Waals surface area (Å²) >= 11 is 0. The quantitative estimate of drug-likeness (QED) is 0.764. The van der Waals surface area contributed by atoms with Crippen LogP contribution in [0.15, 0.2) is 30.3 Å². The molecular weight excluding hydrogens is 217 g/mol. The van der Waals surface area contributed by atoms with Crippen molar-refractivity contribution in [2.75, 3.05) is 13.1 Å². The van der Waals surface area contributed by atoms with Gasteiger partial charge in [-0.25, -0.2) is 0 Å². The zero-order chi connectivity index (χ0) is 12.0. The van der Waals surface area contributed by atoms with E-state index in [4.69, 9.17) is 5.73 Å². The van der Waals surface area contributed by atoms with Gasteiger partial charge in [0.25, 0.3) is 0 Å². The van der Waals surface area contributed by atoms with Gasteiger partial charge >= 0.3 is 6.18 Å². The highest BCUT2D eigenvalue weighted by atomic mass is 19.4. The Morgan fingerprint density at radius 3 is 2.31 bits per heavy atom. The Morgan fingerprint density at radius 2 is 1.81 bits per heavy atom. The Balaban J connectivity index is 2.73. The van der Waals surface area contributed by atoms with Crippen LogP contribution in [0.5, 0.6) is 0 Å². The highest BCUT2D eigenvalue weighted by Crippen LogP contribution is 2.32. The Labute approximate surface area is 92.6 Å². The molecule has 1 unspecified atom stereocenters. The lowest BCUT2D eigenvalue weighted by Crippen LogP contribution is -2.35. The number of halogens is 3. The van der Waals surface area contributed by atoms with E-state index in [0.29, 0.717) is 13.0 Å². The summed E-state index contributed by atoms with van der Waals surface area (Å²) in [6.45, 7) is 0.641. The van der Waals surface area contributed by atoms with Crippen LogP contribution in [0, 0.1) is 0 Å². The SMILES string of the molecule is NCCCNC(c1ccccc1)C(F)(F)F. The average molecular weight is 232 g/mol. The monoisotopic (exact) mass is 232 g/mol. The number of hydrogen-bond acceptors (Lipinski definition) is 2. The van der Waals surface area contributed by atoms with Crippen molar-refractivity contribution in [1.29, 1.82) is 0 Å². The van der Waals surface area contributed by atoms with Crippen molar-refractivity contribution >= 4 is 0 Å². The van der Waals surface area contributed by atoms with Crippen molar-refractivity contribution in [1.82, 2.24) is 5.32 Å². The largest absolute Gasteiger partial charge is 0.407 e. The smallest absolute Gasteiger partial charge is 0.330 e. The van der Waals surface area contributed by atoms with Crippen LogP contribution in [0.3, 0.4) is 0 Å². The summed E-state index contributed by atoms with van der Waals surface area (Å²) in [5, 5.41) is 2.47. The van der Waals surface area contributed by atoms with Gasteiger partial charge in [-0.05, 0) is 25.1 Å². The van der Waals surface area contributed by atoms with E-state index in [0.717, 1.165) is 0 Å². The first kappa shape index (κ1) is 13.0. The topological polar surface area (TPSA) is 38.0 Å². The van der Waals surface area contributed by atoms with Crippen LogP contribution >= 0.6 is 0 Å². The van der Waals surface area contributed by atoms with E-state index in [9.17, 15) is 13.2 Å². The molecule has 90 valence electrons. The first-order valence-corrected chi connectivity index (χ1v) is 5.11. The predicted octanol–water partition coefficient (Wildman–Crippen LogP) is 2.23. The van der Waals surface area contributed by atoms with Gasteiger partial charge in [-0.2, -0.15) is 13.2 Å². The fourth-order valence-corrected chi connectivity index (χ4v) is 1.42. The fraction of sp³-hybridized carbons (Fsp3) is 0.455. The molecule has 0 fully saturated rings. The minimum absolute atomic E-state index is 0.229. The van der Waals surface area contributed by atoms with Crippen LogP contribution in [-0.2, 0) is 0 Å². The summed E-state index contributed by atoms with van der Waals surface area (Å²) in [5.41, 5.74) is 5.47. The molecule has 2 nitrogen and oxygen atoms in total. The maximum absolute atomic E-state index is 12.7. The summed E-state index contributed by atoms with van der Waals surface area (Å²) in [4.78, 5) is 0. The van der Waals surface area contributed by atoms with E-state index in [1.165, 1.54) is 12.1 Å². The maximum Gasteiger partial charge on any atom is 0.407 e. The minimum Gasteiger partial charge on any atom is -0.330 e. The van der Waals surface area contributed by atoms with Gasteiger partial charge < -0.3 is 11.1 Å². The molecule has 0 heterocycles. The molecule has 0 spiro atoms. The molecule has 0 saturated carbocycles. The maximum atomic E-state index is 12.7. The summed E-state index contributed by atoms with van der Waals surface area (Å²) in [6, 6.07) is 6.20. The average Bonchev–Trinajstić information content (AvgIpc) is 2.24. The molecule has 1 aromatic rings. The lowest BCUT2D eigenvalue weighted by atomic mass is 10.1. The normalized spacial score (nSPS) is 13.8. The molecule has 1 rings (SSSR count). The van der Waals surface area contributed by atoms with Gasteiger partial charge in [-0.15, -0.1) is 0 Å². The molecule has 0 aromatic heterocycles. The van der Waals surface area contributed by atoms with E-state index >= 15 is 0 Å². The van der Waals surface area contributed by atoms with Crippen molar-refractivity contribution < 1.29 is 13.2 Å². The third-order valence-corrected chi connectivity index (χ3v) is 2.19. The minimum atomic E-state index is -4.28. The Bertz CT molecular complexity index is 298. The second-order valence-electron chi connectivity index (χ2n) is 3.48. The molecule has 16 heavy (non-hydrogen) atoms. The molecular formula is C11H15F3N2. The molecule has 0 radical (unpaired) electrons. The highest BCUT2D eigenvalue weighted by molar-refractivity contribution is 5.20. The number of hydrogen-bond donors (Lipinski definition) is 2. The van der Waals surface area contributed by atoms with Crippen LogP contribution in [0.2, 0.25) is 0 Å². The van der Waals surface area contributed by atoms with E-state index in [2.05, 4.69) is 5.32 Å². The summed E-state index contributed by atoms with van der Waals surface area (Å²) in [7, 11) is 0. The highest BCUT2D eigenvalue weighted by Gasteiger charge is 2.40. The Kier molecular flexibility index (Phi) is 4.76. The third-order valence-electron chi connectivity index (χ3n) is 2.19. The van der Waals surface area contributed by atoms with Gasteiger partial charge in [0.2, 0.25) is 0 Å². The molecule has 0 saturated heterocycles. The molecule has 3 N–H and O–H groups in total. The zero-order valence-electron chi connectivity index (χ0n) is 8.80. The van der Waals surface area contributed by atoms with Gasteiger partial charge in [0, 0.05) is 0 Å². The standard InChI is InChI=1S/C11H15F3N2/c12-11(13,14)10(16-8-4-7-15)9-5-2-1-3-6-9/h1-3,5-6,10,16H,4,7-8,15H2. The van der Waals surface area contributed by atoms with E-state index in [1.54, 1.807) is 18.2 Å². The predicted molar refractivity (Wildman–Crippen MR) is 56.9 cm³/mol. The van der Waals surface area contributed by atoms with Crippen molar-refractivity contribution in [2.45, 2.75) is 18.6 Å². The van der Waals surface area contributed by atoms with Crippen molar-refractivity contribution in [3.05, 3.63) is 35.9 Å². The summed E-state index contributed by atoms with van der Waals surface area (Å²) in [5.74, 6) is 0. The molecule has 5 heteroatoms. The molecule has 0 bridgehead atoms. The summed E-state index contributed by atoms with van der Waals surface area (Å²) in [6.07, 6.45) is -3.75. The van der Waals surface area contributed by atoms with Gasteiger partial charge in [0.1, 0.15) is 6.04 Å². The van der Waals surface area contributed by atoms with Crippen molar-refractivity contribution in [3.8, 4) is 0 Å². The third kappa shape index (κ3) is 3.83. The molecule has 0 amide bonds. The fourth-order valence-electron chi connectivity index (χ4n) is 1.42. The molecule has 1 aromatic carbocycles. The van der Waals surface area contributed by atoms with Crippen LogP contribution < -0.4 is 11.1 Å². The van der Waals surface area contributed by atoms with Crippen LogP contribution in [-0.4, -0.2) is 19.3 Å². The van der Waals surface area contributed by atoms with E-state index in [1.807, 2.05) is 0 Å². The lowest BCUT2D eigenvalue weighted by Gasteiger charge is -2.22. The Morgan fingerprint density at radius 1 is 1.19 bits per heavy atom. The zero-order valence-corrected chi connectivity index (χ0v) is 8.80. The Hall–Kier alpha value is -1.07. The second-order valence-corrected chi connectivity index (χ2v) is 3.48. The van der Waals surface area contributed by atoms with Crippen molar-refractivity contribution in [2.24, 2.45) is 5.73 Å². The first-order chi connectivity index (χ1) is 7.55. The van der Waals surface area contributed by atoms with Gasteiger partial charge in [0.15, 0.2) is 0 Å². The van der Waals surface area contributed by atoms with Crippen LogP contribution in [0.1, 0.15) is 18.0 Å². The molecule has 0 aliphatic heterocycles.